The van der Waals surface area contributed by atoms with Crippen LogP contribution >= 0.6 is 0 Å². The normalized spacial score (nSPS) is 12.6. The summed E-state index contributed by atoms with van der Waals surface area (Å²) in [6.45, 7) is 1.45. The summed E-state index contributed by atoms with van der Waals surface area (Å²) in [5, 5.41) is 11.3. The van der Waals surface area contributed by atoms with Crippen molar-refractivity contribution < 1.29 is 27.9 Å². The summed E-state index contributed by atoms with van der Waals surface area (Å²) in [7, 11) is 1.42. The minimum atomic E-state index is -4.27. The van der Waals surface area contributed by atoms with Gasteiger partial charge in [0, 0.05) is 25.7 Å². The van der Waals surface area contributed by atoms with Crippen molar-refractivity contribution >= 4 is 17.7 Å². The quantitative estimate of drug-likeness (QED) is 0.839. The number of carbonyl (C=O) groups is 2. The van der Waals surface area contributed by atoms with Crippen LogP contribution in [0.3, 0.4) is 0 Å². The van der Waals surface area contributed by atoms with Crippen molar-refractivity contribution in [2.45, 2.75) is 25.9 Å². The molecule has 0 spiro atoms. The van der Waals surface area contributed by atoms with E-state index in [2.05, 4.69) is 5.32 Å². The van der Waals surface area contributed by atoms with E-state index in [1.165, 1.54) is 31.0 Å². The van der Waals surface area contributed by atoms with Gasteiger partial charge in [-0.05, 0) is 18.1 Å². The van der Waals surface area contributed by atoms with E-state index >= 15 is 0 Å². The number of amides is 2. The lowest BCUT2D eigenvalue weighted by Crippen LogP contribution is -2.36. The Hall–Kier alpha value is -2.25. The van der Waals surface area contributed by atoms with E-state index in [4.69, 9.17) is 5.11 Å². The van der Waals surface area contributed by atoms with Gasteiger partial charge in [-0.1, -0.05) is 25.1 Å². The molecule has 2 N–H and O–H groups in total. The van der Waals surface area contributed by atoms with Crippen LogP contribution in [0.1, 0.15) is 18.9 Å². The van der Waals surface area contributed by atoms with E-state index in [1.807, 2.05) is 0 Å². The van der Waals surface area contributed by atoms with E-state index in [0.29, 0.717) is 5.56 Å². The summed E-state index contributed by atoms with van der Waals surface area (Å²) < 4.78 is 37.0. The average Bonchev–Trinajstić information content (AvgIpc) is 2.45. The Morgan fingerprint density at radius 2 is 1.91 bits per heavy atom. The van der Waals surface area contributed by atoms with Crippen LogP contribution in [0.25, 0.3) is 0 Å². The molecule has 0 saturated carbocycles. The molecule has 0 aliphatic carbocycles. The van der Waals surface area contributed by atoms with Gasteiger partial charge in [0.1, 0.15) is 0 Å². The molecule has 1 atom stereocenters. The van der Waals surface area contributed by atoms with Crippen LogP contribution in [0.4, 0.5) is 23.7 Å². The number of aliphatic carboxylic acids is 1. The molecule has 0 aliphatic heterocycles. The topological polar surface area (TPSA) is 69.6 Å². The van der Waals surface area contributed by atoms with Crippen LogP contribution in [0, 0.1) is 5.92 Å². The van der Waals surface area contributed by atoms with Gasteiger partial charge < -0.3 is 15.3 Å². The molecule has 8 heteroatoms. The number of nitrogens with zero attached hydrogens (tertiary/aromatic N) is 1. The van der Waals surface area contributed by atoms with Crippen molar-refractivity contribution in [3.63, 3.8) is 0 Å². The van der Waals surface area contributed by atoms with Crippen LogP contribution in [0.15, 0.2) is 24.3 Å². The molecule has 1 unspecified atom stereocenters. The minimum Gasteiger partial charge on any atom is -0.481 e. The second-order valence-electron chi connectivity index (χ2n) is 5.32. The monoisotopic (exact) mass is 332 g/mol. The largest absolute Gasteiger partial charge is 0.481 e. The Labute approximate surface area is 132 Å². The zero-order valence-corrected chi connectivity index (χ0v) is 12.9. The fourth-order valence-corrected chi connectivity index (χ4v) is 1.92. The Morgan fingerprint density at radius 3 is 2.48 bits per heavy atom. The predicted molar refractivity (Wildman–Crippen MR) is 79.3 cm³/mol. The highest BCUT2D eigenvalue weighted by molar-refractivity contribution is 5.90. The molecule has 1 aromatic rings. The third-order valence-electron chi connectivity index (χ3n) is 3.25. The standard InChI is InChI=1S/C15H19F3N2O3/c1-10(13(21)22)9-20(2)14(23)19-12-6-4-3-5-11(12)7-8-15(16,17)18/h3-6,10H,7-9H2,1-2H3,(H,19,23)(H,21,22). The first-order valence-electron chi connectivity index (χ1n) is 6.99. The number of alkyl halides is 3. The number of rotatable bonds is 6. The van der Waals surface area contributed by atoms with Gasteiger partial charge in [-0.15, -0.1) is 0 Å². The van der Waals surface area contributed by atoms with Gasteiger partial charge in [0.15, 0.2) is 0 Å². The molecule has 0 aliphatic rings. The summed E-state index contributed by atoms with van der Waals surface area (Å²) in [6.07, 6.45) is -5.49. The number of halogens is 3. The molecule has 1 rings (SSSR count). The van der Waals surface area contributed by atoms with Crippen molar-refractivity contribution in [2.24, 2.45) is 5.92 Å². The Morgan fingerprint density at radius 1 is 1.30 bits per heavy atom. The molecule has 0 fully saturated rings. The maximum Gasteiger partial charge on any atom is 0.389 e. The lowest BCUT2D eigenvalue weighted by Gasteiger charge is -2.21. The van der Waals surface area contributed by atoms with Crippen LogP contribution in [-0.4, -0.2) is 41.8 Å². The number of aryl methyl sites for hydroxylation is 1. The molecule has 2 amide bonds. The lowest BCUT2D eigenvalue weighted by molar-refractivity contribution is -0.141. The van der Waals surface area contributed by atoms with Gasteiger partial charge in [-0.3, -0.25) is 4.79 Å². The lowest BCUT2D eigenvalue weighted by atomic mass is 10.1. The van der Waals surface area contributed by atoms with E-state index in [1.54, 1.807) is 12.1 Å². The zero-order chi connectivity index (χ0) is 17.6. The second-order valence-corrected chi connectivity index (χ2v) is 5.32. The first-order valence-corrected chi connectivity index (χ1v) is 6.99. The third-order valence-corrected chi connectivity index (χ3v) is 3.25. The highest BCUT2D eigenvalue weighted by atomic mass is 19.4. The molecule has 23 heavy (non-hydrogen) atoms. The van der Waals surface area contributed by atoms with Crippen molar-refractivity contribution in [3.8, 4) is 0 Å². The van der Waals surface area contributed by atoms with Crippen LogP contribution in [0.5, 0.6) is 0 Å². The number of benzene rings is 1. The fraction of sp³-hybridized carbons (Fsp3) is 0.467. The second kappa shape index (κ2) is 7.85. The summed E-state index contributed by atoms with van der Waals surface area (Å²) in [5.74, 6) is -1.78. The van der Waals surface area contributed by atoms with E-state index in [9.17, 15) is 22.8 Å². The molecule has 0 heterocycles. The number of anilines is 1. The highest BCUT2D eigenvalue weighted by Gasteiger charge is 2.27. The molecule has 0 aromatic heterocycles. The van der Waals surface area contributed by atoms with Gasteiger partial charge in [0.2, 0.25) is 0 Å². The smallest absolute Gasteiger partial charge is 0.389 e. The molecule has 0 saturated heterocycles. The van der Waals surface area contributed by atoms with Crippen LogP contribution < -0.4 is 5.32 Å². The number of hydrogen-bond acceptors (Lipinski definition) is 2. The number of carbonyl (C=O) groups excluding carboxylic acids is 1. The molecule has 1 aromatic carbocycles. The minimum absolute atomic E-state index is 0.00805. The molecule has 128 valence electrons. The number of nitrogens with one attached hydrogen (secondary N) is 1. The summed E-state index contributed by atoms with van der Waals surface area (Å²) >= 11 is 0. The van der Waals surface area contributed by atoms with E-state index in [-0.39, 0.29) is 18.7 Å². The predicted octanol–water partition coefficient (Wildman–Crippen LogP) is 3.37. The maximum atomic E-state index is 12.3. The number of urea groups is 1. The molecule has 5 nitrogen and oxygen atoms in total. The van der Waals surface area contributed by atoms with Gasteiger partial charge >= 0.3 is 18.2 Å². The SMILES string of the molecule is CC(CN(C)C(=O)Nc1ccccc1CCC(F)(F)F)C(=O)O. The number of carboxylic acid groups (broad SMARTS) is 1. The Balaban J connectivity index is 2.72. The third kappa shape index (κ3) is 6.58. The molecule has 0 radical (unpaired) electrons. The summed E-state index contributed by atoms with van der Waals surface area (Å²) in [6, 6.07) is 5.65. The number of hydrogen-bond donors (Lipinski definition) is 2. The first-order chi connectivity index (χ1) is 10.6. The Kier molecular flexibility index (Phi) is 6.41. The molecule has 0 bridgehead atoms. The zero-order valence-electron chi connectivity index (χ0n) is 12.9. The molecular weight excluding hydrogens is 313 g/mol. The highest BCUT2D eigenvalue weighted by Crippen LogP contribution is 2.25. The van der Waals surface area contributed by atoms with Gasteiger partial charge in [-0.2, -0.15) is 13.2 Å². The van der Waals surface area contributed by atoms with Crippen LogP contribution in [0.2, 0.25) is 0 Å². The van der Waals surface area contributed by atoms with Crippen LogP contribution in [-0.2, 0) is 11.2 Å². The van der Waals surface area contributed by atoms with Crippen molar-refractivity contribution in [3.05, 3.63) is 29.8 Å². The Bertz CT molecular complexity index is 561. The maximum absolute atomic E-state index is 12.3. The van der Waals surface area contributed by atoms with Crippen molar-refractivity contribution in [2.75, 3.05) is 18.9 Å². The average molecular weight is 332 g/mol. The molecular formula is C15H19F3N2O3. The summed E-state index contributed by atoms with van der Waals surface area (Å²) in [4.78, 5) is 24.0. The summed E-state index contributed by atoms with van der Waals surface area (Å²) in [5.41, 5.74) is 0.662. The van der Waals surface area contributed by atoms with Crippen molar-refractivity contribution in [1.82, 2.24) is 4.90 Å². The first kappa shape index (κ1) is 18.8. The van der Waals surface area contributed by atoms with E-state index in [0.717, 1.165) is 0 Å². The number of carboxylic acids is 1. The van der Waals surface area contributed by atoms with Crippen molar-refractivity contribution in [1.29, 1.82) is 0 Å². The van der Waals surface area contributed by atoms with Gasteiger partial charge in [0.25, 0.3) is 0 Å². The van der Waals surface area contributed by atoms with Gasteiger partial charge in [-0.25, -0.2) is 4.79 Å². The van der Waals surface area contributed by atoms with Gasteiger partial charge in [0.05, 0.1) is 5.92 Å². The fourth-order valence-electron chi connectivity index (χ4n) is 1.92. The van der Waals surface area contributed by atoms with E-state index < -0.39 is 30.5 Å². The number of para-hydroxylation sites is 1.